The van der Waals surface area contributed by atoms with Crippen molar-refractivity contribution in [3.63, 3.8) is 0 Å². The molecule has 0 aliphatic carbocycles. The maximum atomic E-state index is 13.5. The molecule has 1 aromatic rings. The quantitative estimate of drug-likeness (QED) is 0.740. The Kier molecular flexibility index (Phi) is 3.15. The lowest BCUT2D eigenvalue weighted by Gasteiger charge is -2.16. The number of hydrogen-bond donors (Lipinski definition) is 0. The molecule has 1 atom stereocenters. The van der Waals surface area contributed by atoms with E-state index in [1.165, 1.54) is 18.2 Å². The summed E-state index contributed by atoms with van der Waals surface area (Å²) in [5.74, 6) is -0.274. The molecule has 1 unspecified atom stereocenters. The second kappa shape index (κ2) is 4.42. The molecule has 1 aliphatic heterocycles. The maximum absolute atomic E-state index is 13.5. The van der Waals surface area contributed by atoms with E-state index in [1.54, 1.807) is 4.90 Å². The van der Waals surface area contributed by atoms with Gasteiger partial charge in [-0.05, 0) is 30.5 Å². The van der Waals surface area contributed by atoms with Gasteiger partial charge in [0.15, 0.2) is 0 Å². The van der Waals surface area contributed by atoms with Gasteiger partial charge in [0.05, 0.1) is 5.56 Å². The number of rotatable bonds is 1. The lowest BCUT2D eigenvalue weighted by atomic mass is 10.1. The van der Waals surface area contributed by atoms with Crippen molar-refractivity contribution in [3.05, 3.63) is 34.6 Å². The first-order chi connectivity index (χ1) is 7.58. The van der Waals surface area contributed by atoms with Crippen LogP contribution >= 0.6 is 11.6 Å². The van der Waals surface area contributed by atoms with Crippen LogP contribution in [0.3, 0.4) is 0 Å². The predicted molar refractivity (Wildman–Crippen MR) is 61.1 cm³/mol. The fourth-order valence-electron chi connectivity index (χ4n) is 1.95. The molecule has 1 aromatic carbocycles. The molecule has 86 valence electrons. The number of benzene rings is 1. The van der Waals surface area contributed by atoms with Crippen LogP contribution in [0.2, 0.25) is 5.02 Å². The first-order valence-corrected chi connectivity index (χ1v) is 5.70. The SMILES string of the molecule is CC1CCN(C(=O)c2cc(Cl)ccc2F)C1. The molecule has 2 rings (SSSR count). The molecule has 0 N–H and O–H groups in total. The standard InChI is InChI=1S/C12H13ClFNO/c1-8-4-5-15(7-8)12(16)10-6-9(13)2-3-11(10)14/h2-3,6,8H,4-5,7H2,1H3. The van der Waals surface area contributed by atoms with Crippen molar-refractivity contribution < 1.29 is 9.18 Å². The van der Waals surface area contributed by atoms with Crippen LogP contribution in [-0.2, 0) is 0 Å². The molecule has 0 bridgehead atoms. The molecule has 1 heterocycles. The zero-order chi connectivity index (χ0) is 11.7. The van der Waals surface area contributed by atoms with E-state index in [4.69, 9.17) is 11.6 Å². The lowest BCUT2D eigenvalue weighted by Crippen LogP contribution is -2.29. The molecule has 1 aliphatic rings. The molecular weight excluding hydrogens is 229 g/mol. The van der Waals surface area contributed by atoms with Crippen molar-refractivity contribution in [2.75, 3.05) is 13.1 Å². The summed E-state index contributed by atoms with van der Waals surface area (Å²) >= 11 is 5.76. The zero-order valence-electron chi connectivity index (χ0n) is 9.04. The molecule has 1 amide bonds. The number of carbonyl (C=O) groups is 1. The highest BCUT2D eigenvalue weighted by atomic mass is 35.5. The molecule has 0 spiro atoms. The van der Waals surface area contributed by atoms with Gasteiger partial charge in [0.25, 0.3) is 5.91 Å². The smallest absolute Gasteiger partial charge is 0.256 e. The molecule has 4 heteroatoms. The highest BCUT2D eigenvalue weighted by molar-refractivity contribution is 6.31. The second-order valence-corrected chi connectivity index (χ2v) is 4.71. The van der Waals surface area contributed by atoms with Gasteiger partial charge in [0, 0.05) is 18.1 Å². The minimum atomic E-state index is -0.506. The number of amides is 1. The Labute approximate surface area is 99.0 Å². The molecule has 0 radical (unpaired) electrons. The fourth-order valence-corrected chi connectivity index (χ4v) is 2.12. The summed E-state index contributed by atoms with van der Waals surface area (Å²) in [7, 11) is 0. The van der Waals surface area contributed by atoms with Gasteiger partial charge in [-0.15, -0.1) is 0 Å². The molecule has 1 fully saturated rings. The van der Waals surface area contributed by atoms with Gasteiger partial charge < -0.3 is 4.90 Å². The minimum Gasteiger partial charge on any atom is -0.338 e. The van der Waals surface area contributed by atoms with Crippen LogP contribution in [0, 0.1) is 11.7 Å². The van der Waals surface area contributed by atoms with E-state index in [9.17, 15) is 9.18 Å². The van der Waals surface area contributed by atoms with E-state index < -0.39 is 5.82 Å². The highest BCUT2D eigenvalue weighted by Crippen LogP contribution is 2.21. The summed E-state index contributed by atoms with van der Waals surface area (Å²) in [4.78, 5) is 13.7. The number of halogens is 2. The van der Waals surface area contributed by atoms with Crippen LogP contribution in [0.1, 0.15) is 23.7 Å². The Bertz CT molecular complexity index is 421. The Balaban J connectivity index is 2.23. The summed E-state index contributed by atoms with van der Waals surface area (Å²) in [6, 6.07) is 4.07. The average Bonchev–Trinajstić information content (AvgIpc) is 2.67. The van der Waals surface area contributed by atoms with Crippen LogP contribution < -0.4 is 0 Å². The van der Waals surface area contributed by atoms with Crippen LogP contribution in [0.4, 0.5) is 4.39 Å². The zero-order valence-corrected chi connectivity index (χ0v) is 9.80. The normalized spacial score (nSPS) is 20.2. The van der Waals surface area contributed by atoms with Gasteiger partial charge in [-0.25, -0.2) is 4.39 Å². The van der Waals surface area contributed by atoms with Gasteiger partial charge in [-0.1, -0.05) is 18.5 Å². The van der Waals surface area contributed by atoms with Crippen molar-refractivity contribution >= 4 is 17.5 Å². The van der Waals surface area contributed by atoms with Crippen LogP contribution in [0.25, 0.3) is 0 Å². The van der Waals surface area contributed by atoms with Gasteiger partial charge in [-0.3, -0.25) is 4.79 Å². The summed E-state index contributed by atoms with van der Waals surface area (Å²) in [5, 5.41) is 0.386. The largest absolute Gasteiger partial charge is 0.338 e. The van der Waals surface area contributed by atoms with E-state index in [2.05, 4.69) is 6.92 Å². The monoisotopic (exact) mass is 241 g/mol. The van der Waals surface area contributed by atoms with Crippen LogP contribution in [0.5, 0.6) is 0 Å². The van der Waals surface area contributed by atoms with Crippen LogP contribution in [-0.4, -0.2) is 23.9 Å². The third-order valence-electron chi connectivity index (χ3n) is 2.87. The third kappa shape index (κ3) is 2.19. The van der Waals surface area contributed by atoms with Gasteiger partial charge >= 0.3 is 0 Å². The molecule has 0 aromatic heterocycles. The van der Waals surface area contributed by atoms with Gasteiger partial charge in [0.2, 0.25) is 0 Å². The number of likely N-dealkylation sites (tertiary alicyclic amines) is 1. The molecule has 16 heavy (non-hydrogen) atoms. The summed E-state index contributed by atoms with van der Waals surface area (Å²) in [6.45, 7) is 3.48. The molecular formula is C12H13ClFNO. The first-order valence-electron chi connectivity index (χ1n) is 5.32. The Morgan fingerprint density at radius 2 is 2.31 bits per heavy atom. The van der Waals surface area contributed by atoms with Gasteiger partial charge in [0.1, 0.15) is 5.82 Å². The fraction of sp³-hybridized carbons (Fsp3) is 0.417. The van der Waals surface area contributed by atoms with Crippen molar-refractivity contribution in [1.29, 1.82) is 0 Å². The number of carbonyl (C=O) groups excluding carboxylic acids is 1. The number of hydrogen-bond acceptors (Lipinski definition) is 1. The lowest BCUT2D eigenvalue weighted by molar-refractivity contribution is 0.0783. The maximum Gasteiger partial charge on any atom is 0.256 e. The van der Waals surface area contributed by atoms with Crippen molar-refractivity contribution in [1.82, 2.24) is 4.90 Å². The van der Waals surface area contributed by atoms with E-state index >= 15 is 0 Å². The Hall–Kier alpha value is -1.09. The van der Waals surface area contributed by atoms with Crippen molar-refractivity contribution in [3.8, 4) is 0 Å². The first kappa shape index (κ1) is 11.4. The third-order valence-corrected chi connectivity index (χ3v) is 3.11. The summed E-state index contributed by atoms with van der Waals surface area (Å²) < 4.78 is 13.5. The van der Waals surface area contributed by atoms with Gasteiger partial charge in [-0.2, -0.15) is 0 Å². The summed E-state index contributed by atoms with van der Waals surface area (Å²) in [6.07, 6.45) is 0.980. The average molecular weight is 242 g/mol. The summed E-state index contributed by atoms with van der Waals surface area (Å²) in [5.41, 5.74) is 0.0709. The predicted octanol–water partition coefficient (Wildman–Crippen LogP) is 2.96. The van der Waals surface area contributed by atoms with Crippen LogP contribution in [0.15, 0.2) is 18.2 Å². The van der Waals surface area contributed by atoms with E-state index in [0.29, 0.717) is 24.0 Å². The topological polar surface area (TPSA) is 20.3 Å². The molecule has 2 nitrogen and oxygen atoms in total. The molecule has 0 saturated carbocycles. The van der Waals surface area contributed by atoms with Crippen molar-refractivity contribution in [2.24, 2.45) is 5.92 Å². The molecule has 1 saturated heterocycles. The van der Waals surface area contributed by atoms with E-state index in [1.807, 2.05) is 0 Å². The van der Waals surface area contributed by atoms with Crippen molar-refractivity contribution in [2.45, 2.75) is 13.3 Å². The Morgan fingerprint density at radius 1 is 1.56 bits per heavy atom. The minimum absolute atomic E-state index is 0.0709. The highest BCUT2D eigenvalue weighted by Gasteiger charge is 2.25. The number of nitrogens with zero attached hydrogens (tertiary/aromatic N) is 1. The second-order valence-electron chi connectivity index (χ2n) is 4.27. The Morgan fingerprint density at radius 3 is 2.94 bits per heavy atom. The van der Waals surface area contributed by atoms with E-state index in [0.717, 1.165) is 6.42 Å². The van der Waals surface area contributed by atoms with E-state index in [-0.39, 0.29) is 11.5 Å².